The smallest absolute Gasteiger partial charge is 0.251 e. The van der Waals surface area contributed by atoms with Crippen LogP contribution in [-0.2, 0) is 6.42 Å². The van der Waals surface area contributed by atoms with Gasteiger partial charge in [-0.3, -0.25) is 0 Å². The molecule has 0 fully saturated rings. The summed E-state index contributed by atoms with van der Waals surface area (Å²) in [6, 6.07) is 9.34. The Bertz CT molecular complexity index is 602. The van der Waals surface area contributed by atoms with E-state index >= 15 is 0 Å². The second-order valence-corrected chi connectivity index (χ2v) is 5.07. The Hall–Kier alpha value is -1.61. The maximum atomic E-state index is 13.7. The van der Waals surface area contributed by atoms with Crippen LogP contribution in [0, 0.1) is 5.82 Å². The van der Waals surface area contributed by atoms with E-state index in [1.807, 2.05) is 18.2 Å². The molecular formula is C15H13ClFNO. The molecule has 1 atom stereocenters. The van der Waals surface area contributed by atoms with Crippen LogP contribution in [0.2, 0.25) is 5.02 Å². The highest BCUT2D eigenvalue weighted by Gasteiger charge is 2.22. The molecular weight excluding hydrogens is 265 g/mol. The highest BCUT2D eigenvalue weighted by Crippen LogP contribution is 2.33. The second kappa shape index (κ2) is 5.17. The van der Waals surface area contributed by atoms with Crippen LogP contribution in [-0.4, -0.2) is 4.98 Å². The third-order valence-corrected chi connectivity index (χ3v) is 3.55. The molecule has 0 radical (unpaired) electrons. The van der Waals surface area contributed by atoms with Gasteiger partial charge >= 0.3 is 0 Å². The molecule has 1 aromatic heterocycles. The van der Waals surface area contributed by atoms with Gasteiger partial charge in [0.1, 0.15) is 6.10 Å². The van der Waals surface area contributed by atoms with E-state index in [9.17, 15) is 4.39 Å². The number of hydrogen-bond acceptors (Lipinski definition) is 2. The van der Waals surface area contributed by atoms with Crippen LogP contribution < -0.4 is 4.74 Å². The van der Waals surface area contributed by atoms with E-state index in [2.05, 4.69) is 11.1 Å². The first-order chi connectivity index (χ1) is 9.24. The Kier molecular flexibility index (Phi) is 3.38. The molecule has 0 saturated carbocycles. The number of aromatic nitrogens is 1. The predicted molar refractivity (Wildman–Crippen MR) is 72.0 cm³/mol. The van der Waals surface area contributed by atoms with Crippen molar-refractivity contribution in [2.24, 2.45) is 0 Å². The summed E-state index contributed by atoms with van der Waals surface area (Å²) in [5.41, 5.74) is 2.40. The Labute approximate surface area is 116 Å². The molecule has 1 heterocycles. The molecule has 0 spiro atoms. The maximum absolute atomic E-state index is 13.7. The lowest BCUT2D eigenvalue weighted by Gasteiger charge is -2.25. The molecule has 4 heteroatoms. The topological polar surface area (TPSA) is 22.1 Å². The number of benzene rings is 1. The van der Waals surface area contributed by atoms with E-state index in [-0.39, 0.29) is 17.0 Å². The molecule has 1 aliphatic rings. The van der Waals surface area contributed by atoms with Crippen molar-refractivity contribution in [1.82, 2.24) is 4.98 Å². The van der Waals surface area contributed by atoms with Crippen LogP contribution in [0.15, 0.2) is 36.5 Å². The van der Waals surface area contributed by atoms with E-state index in [1.54, 1.807) is 0 Å². The van der Waals surface area contributed by atoms with Crippen LogP contribution in [0.1, 0.15) is 30.1 Å². The summed E-state index contributed by atoms with van der Waals surface area (Å²) in [6.45, 7) is 0. The number of aryl methyl sites for hydroxylation is 1. The molecule has 2 aromatic rings. The van der Waals surface area contributed by atoms with Gasteiger partial charge in [-0.05, 0) is 36.5 Å². The second-order valence-electron chi connectivity index (χ2n) is 4.64. The number of nitrogens with zero attached hydrogens (tertiary/aromatic N) is 1. The summed E-state index contributed by atoms with van der Waals surface area (Å²) in [5, 5.41) is 0.272. The van der Waals surface area contributed by atoms with Crippen molar-refractivity contribution < 1.29 is 9.13 Å². The fourth-order valence-corrected chi connectivity index (χ4v) is 2.60. The number of rotatable bonds is 2. The van der Waals surface area contributed by atoms with E-state index in [0.29, 0.717) is 0 Å². The first-order valence-corrected chi connectivity index (χ1v) is 6.67. The zero-order chi connectivity index (χ0) is 13.2. The minimum Gasteiger partial charge on any atom is -0.467 e. The summed E-state index contributed by atoms with van der Waals surface area (Å²) < 4.78 is 19.4. The van der Waals surface area contributed by atoms with Crippen LogP contribution in [0.5, 0.6) is 5.88 Å². The molecule has 0 aliphatic heterocycles. The van der Waals surface area contributed by atoms with Gasteiger partial charge in [-0.1, -0.05) is 35.9 Å². The molecule has 98 valence electrons. The van der Waals surface area contributed by atoms with Crippen molar-refractivity contribution >= 4 is 11.6 Å². The summed E-state index contributed by atoms with van der Waals surface area (Å²) in [7, 11) is 0. The van der Waals surface area contributed by atoms with E-state index in [1.165, 1.54) is 17.8 Å². The Morgan fingerprint density at radius 2 is 2.16 bits per heavy atom. The minimum absolute atomic E-state index is 0.0195. The van der Waals surface area contributed by atoms with Crippen molar-refractivity contribution in [3.8, 4) is 5.88 Å². The average molecular weight is 278 g/mol. The van der Waals surface area contributed by atoms with E-state index in [0.717, 1.165) is 24.8 Å². The fourth-order valence-electron chi connectivity index (χ4n) is 2.46. The van der Waals surface area contributed by atoms with Crippen LogP contribution in [0.25, 0.3) is 0 Å². The highest BCUT2D eigenvalue weighted by molar-refractivity contribution is 6.30. The molecule has 0 N–H and O–H groups in total. The predicted octanol–water partition coefficient (Wildman–Crippen LogP) is 4.33. The standard InChI is InChI=1S/C15H13ClFNO/c16-11-8-13(17)15(18-9-11)19-14-7-3-5-10-4-1-2-6-12(10)14/h1-2,4,6,8-9,14H,3,5,7H2. The average Bonchev–Trinajstić information content (AvgIpc) is 2.42. The Morgan fingerprint density at radius 3 is 3.00 bits per heavy atom. The van der Waals surface area contributed by atoms with Crippen molar-refractivity contribution in [3.05, 3.63) is 58.5 Å². The minimum atomic E-state index is -0.518. The van der Waals surface area contributed by atoms with Gasteiger partial charge in [-0.25, -0.2) is 9.37 Å². The van der Waals surface area contributed by atoms with Crippen molar-refractivity contribution in [2.45, 2.75) is 25.4 Å². The first kappa shape index (κ1) is 12.4. The highest BCUT2D eigenvalue weighted by atomic mass is 35.5. The number of hydrogen-bond donors (Lipinski definition) is 0. The molecule has 1 aromatic carbocycles. The summed E-state index contributed by atoms with van der Waals surface area (Å²) >= 11 is 5.68. The molecule has 3 rings (SSSR count). The SMILES string of the molecule is Fc1cc(Cl)cnc1OC1CCCc2ccccc21. The quantitative estimate of drug-likeness (QED) is 0.815. The van der Waals surface area contributed by atoms with Gasteiger partial charge < -0.3 is 4.74 Å². The monoisotopic (exact) mass is 277 g/mol. The third kappa shape index (κ3) is 2.56. The Morgan fingerprint density at radius 1 is 1.32 bits per heavy atom. The van der Waals surface area contributed by atoms with Crippen molar-refractivity contribution in [1.29, 1.82) is 0 Å². The molecule has 2 nitrogen and oxygen atoms in total. The van der Waals surface area contributed by atoms with Gasteiger partial charge in [-0.15, -0.1) is 0 Å². The molecule has 1 unspecified atom stereocenters. The third-order valence-electron chi connectivity index (χ3n) is 3.34. The Balaban J connectivity index is 1.88. The van der Waals surface area contributed by atoms with Gasteiger partial charge in [-0.2, -0.15) is 0 Å². The summed E-state index contributed by atoms with van der Waals surface area (Å²) in [4.78, 5) is 3.92. The summed E-state index contributed by atoms with van der Waals surface area (Å²) in [6.07, 6.45) is 4.23. The van der Waals surface area contributed by atoms with Crippen LogP contribution in [0.3, 0.4) is 0 Å². The number of ether oxygens (including phenoxy) is 1. The largest absolute Gasteiger partial charge is 0.467 e. The maximum Gasteiger partial charge on any atom is 0.251 e. The van der Waals surface area contributed by atoms with Crippen LogP contribution >= 0.6 is 11.6 Å². The molecule has 1 aliphatic carbocycles. The van der Waals surface area contributed by atoms with Crippen molar-refractivity contribution in [3.63, 3.8) is 0 Å². The van der Waals surface area contributed by atoms with Crippen molar-refractivity contribution in [2.75, 3.05) is 0 Å². The van der Waals surface area contributed by atoms with Gasteiger partial charge in [0.2, 0.25) is 0 Å². The molecule has 19 heavy (non-hydrogen) atoms. The van der Waals surface area contributed by atoms with E-state index < -0.39 is 5.82 Å². The first-order valence-electron chi connectivity index (χ1n) is 6.29. The van der Waals surface area contributed by atoms with Gasteiger partial charge in [0, 0.05) is 6.20 Å². The van der Waals surface area contributed by atoms with Gasteiger partial charge in [0.25, 0.3) is 5.88 Å². The molecule has 0 bridgehead atoms. The number of fused-ring (bicyclic) bond motifs is 1. The summed E-state index contributed by atoms with van der Waals surface area (Å²) in [5.74, 6) is -0.498. The molecule has 0 amide bonds. The van der Waals surface area contributed by atoms with Crippen LogP contribution in [0.4, 0.5) is 4.39 Å². The lowest BCUT2D eigenvalue weighted by atomic mass is 9.89. The fraction of sp³-hybridized carbons (Fsp3) is 0.267. The number of pyridine rings is 1. The lowest BCUT2D eigenvalue weighted by molar-refractivity contribution is 0.167. The zero-order valence-electron chi connectivity index (χ0n) is 10.3. The lowest BCUT2D eigenvalue weighted by Crippen LogP contribution is -2.16. The molecule has 0 saturated heterocycles. The zero-order valence-corrected chi connectivity index (χ0v) is 11.0. The number of halogens is 2. The van der Waals surface area contributed by atoms with Gasteiger partial charge in [0.15, 0.2) is 5.82 Å². The van der Waals surface area contributed by atoms with Gasteiger partial charge in [0.05, 0.1) is 5.02 Å². The van der Waals surface area contributed by atoms with E-state index in [4.69, 9.17) is 16.3 Å². The normalized spacial score (nSPS) is 17.9.